The number of hydroxylamine groups is 1. The molecule has 0 unspecified atom stereocenters. The van der Waals surface area contributed by atoms with Gasteiger partial charge in [0.05, 0.1) is 23.9 Å². The maximum absolute atomic E-state index is 5.12. The van der Waals surface area contributed by atoms with Crippen molar-refractivity contribution in [1.82, 2.24) is 5.48 Å². The van der Waals surface area contributed by atoms with Crippen LogP contribution in [-0.4, -0.2) is 6.61 Å². The second-order valence-electron chi connectivity index (χ2n) is 1.95. The van der Waals surface area contributed by atoms with Crippen LogP contribution >= 0.6 is 15.9 Å². The van der Waals surface area contributed by atoms with E-state index in [4.69, 9.17) is 9.25 Å². The Hall–Kier alpha value is -0.320. The third-order valence-corrected chi connectivity index (χ3v) is 1.88. The van der Waals surface area contributed by atoms with Gasteiger partial charge in [0.15, 0.2) is 0 Å². The van der Waals surface area contributed by atoms with E-state index in [1.807, 2.05) is 13.0 Å². The third kappa shape index (κ3) is 2.65. The molecule has 0 spiro atoms. The van der Waals surface area contributed by atoms with Gasteiger partial charge in [-0.1, -0.05) is 0 Å². The summed E-state index contributed by atoms with van der Waals surface area (Å²) in [6.45, 7) is 3.16. The van der Waals surface area contributed by atoms with Crippen molar-refractivity contribution in [3.05, 3.63) is 22.6 Å². The Morgan fingerprint density at radius 3 is 3.09 bits per heavy atom. The van der Waals surface area contributed by atoms with Crippen molar-refractivity contribution in [3.8, 4) is 0 Å². The largest absolute Gasteiger partial charge is 0.467 e. The SMILES string of the molecule is CCONCc1occc1Br. The van der Waals surface area contributed by atoms with Gasteiger partial charge in [0.1, 0.15) is 5.76 Å². The fourth-order valence-electron chi connectivity index (χ4n) is 0.670. The minimum absolute atomic E-state index is 0.585. The van der Waals surface area contributed by atoms with Gasteiger partial charge in [0.2, 0.25) is 0 Å². The Labute approximate surface area is 73.8 Å². The Morgan fingerprint density at radius 1 is 1.73 bits per heavy atom. The highest BCUT2D eigenvalue weighted by Crippen LogP contribution is 2.16. The van der Waals surface area contributed by atoms with Gasteiger partial charge < -0.3 is 9.25 Å². The van der Waals surface area contributed by atoms with Gasteiger partial charge in [-0.2, -0.15) is 5.48 Å². The second-order valence-corrected chi connectivity index (χ2v) is 2.80. The molecule has 1 N–H and O–H groups in total. The maximum Gasteiger partial charge on any atom is 0.134 e. The molecule has 1 aromatic heterocycles. The van der Waals surface area contributed by atoms with Gasteiger partial charge >= 0.3 is 0 Å². The monoisotopic (exact) mass is 219 g/mol. The fourth-order valence-corrected chi connectivity index (χ4v) is 1.01. The fraction of sp³-hybridized carbons (Fsp3) is 0.429. The lowest BCUT2D eigenvalue weighted by Crippen LogP contribution is -2.13. The third-order valence-electron chi connectivity index (χ3n) is 1.17. The lowest BCUT2D eigenvalue weighted by Gasteiger charge is -2.00. The molecule has 3 nitrogen and oxygen atoms in total. The molecular weight excluding hydrogens is 210 g/mol. The lowest BCUT2D eigenvalue weighted by molar-refractivity contribution is 0.0424. The van der Waals surface area contributed by atoms with Crippen LogP contribution in [0.4, 0.5) is 0 Å². The van der Waals surface area contributed by atoms with Crippen molar-refractivity contribution >= 4 is 15.9 Å². The van der Waals surface area contributed by atoms with Gasteiger partial charge in [-0.05, 0) is 28.9 Å². The number of nitrogens with one attached hydrogen (secondary N) is 1. The van der Waals surface area contributed by atoms with Gasteiger partial charge in [-0.25, -0.2) is 0 Å². The van der Waals surface area contributed by atoms with Crippen molar-refractivity contribution in [3.63, 3.8) is 0 Å². The number of hydrogen-bond donors (Lipinski definition) is 1. The van der Waals surface area contributed by atoms with E-state index < -0.39 is 0 Å². The van der Waals surface area contributed by atoms with E-state index in [0.29, 0.717) is 13.2 Å². The molecule has 0 atom stereocenters. The summed E-state index contributed by atoms with van der Waals surface area (Å²) in [6.07, 6.45) is 1.63. The number of furan rings is 1. The number of halogens is 1. The predicted octanol–water partition coefficient (Wildman–Crippen LogP) is 2.08. The highest BCUT2D eigenvalue weighted by atomic mass is 79.9. The van der Waals surface area contributed by atoms with E-state index in [0.717, 1.165) is 10.2 Å². The molecule has 4 heteroatoms. The minimum Gasteiger partial charge on any atom is -0.467 e. The molecule has 1 aromatic rings. The van der Waals surface area contributed by atoms with E-state index in [-0.39, 0.29) is 0 Å². The van der Waals surface area contributed by atoms with Crippen LogP contribution in [-0.2, 0) is 11.4 Å². The van der Waals surface area contributed by atoms with E-state index in [1.54, 1.807) is 6.26 Å². The van der Waals surface area contributed by atoms with Crippen LogP contribution in [0.2, 0.25) is 0 Å². The first-order valence-corrected chi connectivity index (χ1v) is 4.20. The molecule has 0 aliphatic heterocycles. The summed E-state index contributed by atoms with van der Waals surface area (Å²) in [5, 5.41) is 0. The van der Waals surface area contributed by atoms with Crippen molar-refractivity contribution in [2.75, 3.05) is 6.61 Å². The Kier molecular flexibility index (Phi) is 3.62. The lowest BCUT2D eigenvalue weighted by atomic mass is 10.5. The molecule has 11 heavy (non-hydrogen) atoms. The van der Waals surface area contributed by atoms with Crippen LogP contribution in [0.3, 0.4) is 0 Å². The molecule has 1 heterocycles. The summed E-state index contributed by atoms with van der Waals surface area (Å²) < 4.78 is 6.08. The summed E-state index contributed by atoms with van der Waals surface area (Å²) in [5.41, 5.74) is 2.75. The van der Waals surface area contributed by atoms with Crippen LogP contribution < -0.4 is 5.48 Å². The zero-order chi connectivity index (χ0) is 8.10. The molecule has 0 radical (unpaired) electrons. The normalized spacial score (nSPS) is 10.4. The Morgan fingerprint density at radius 2 is 2.55 bits per heavy atom. The van der Waals surface area contributed by atoms with Crippen LogP contribution in [0.25, 0.3) is 0 Å². The van der Waals surface area contributed by atoms with E-state index in [9.17, 15) is 0 Å². The van der Waals surface area contributed by atoms with Crippen molar-refractivity contribution in [2.45, 2.75) is 13.5 Å². The molecule has 0 saturated heterocycles. The summed E-state index contributed by atoms with van der Waals surface area (Å²) in [4.78, 5) is 4.93. The van der Waals surface area contributed by atoms with Gasteiger partial charge in [0.25, 0.3) is 0 Å². The van der Waals surface area contributed by atoms with Gasteiger partial charge in [0, 0.05) is 0 Å². The summed E-state index contributed by atoms with van der Waals surface area (Å²) >= 11 is 3.33. The minimum atomic E-state index is 0.585. The molecule has 0 bridgehead atoms. The predicted molar refractivity (Wildman–Crippen MR) is 44.9 cm³/mol. The first kappa shape index (κ1) is 8.77. The van der Waals surface area contributed by atoms with Crippen molar-refractivity contribution in [1.29, 1.82) is 0 Å². The maximum atomic E-state index is 5.12. The highest BCUT2D eigenvalue weighted by Gasteiger charge is 2.00. The zero-order valence-corrected chi connectivity index (χ0v) is 7.85. The second kappa shape index (κ2) is 4.54. The summed E-state index contributed by atoms with van der Waals surface area (Å²) in [7, 11) is 0. The molecule has 0 saturated carbocycles. The van der Waals surface area contributed by atoms with Gasteiger partial charge in [-0.15, -0.1) is 0 Å². The molecule has 0 aliphatic carbocycles. The number of rotatable bonds is 4. The first-order valence-electron chi connectivity index (χ1n) is 3.41. The molecule has 1 rings (SSSR count). The average molecular weight is 220 g/mol. The highest BCUT2D eigenvalue weighted by molar-refractivity contribution is 9.10. The quantitative estimate of drug-likeness (QED) is 0.623. The Bertz CT molecular complexity index is 212. The van der Waals surface area contributed by atoms with Crippen molar-refractivity contribution < 1.29 is 9.25 Å². The smallest absolute Gasteiger partial charge is 0.134 e. The van der Waals surface area contributed by atoms with Crippen LogP contribution in [0.15, 0.2) is 21.2 Å². The van der Waals surface area contributed by atoms with Crippen LogP contribution in [0.5, 0.6) is 0 Å². The van der Waals surface area contributed by atoms with Crippen LogP contribution in [0, 0.1) is 0 Å². The number of hydrogen-bond acceptors (Lipinski definition) is 3. The molecule has 0 aliphatic rings. The average Bonchev–Trinajstić information content (AvgIpc) is 2.37. The Balaban J connectivity index is 2.32. The topological polar surface area (TPSA) is 34.4 Å². The van der Waals surface area contributed by atoms with E-state index >= 15 is 0 Å². The van der Waals surface area contributed by atoms with Gasteiger partial charge in [-0.3, -0.25) is 0 Å². The van der Waals surface area contributed by atoms with E-state index in [2.05, 4.69) is 21.4 Å². The standard InChI is InChI=1S/C7H10BrNO2/c1-2-11-9-5-7-6(8)3-4-10-7/h3-4,9H,2,5H2,1H3. The van der Waals surface area contributed by atoms with E-state index in [1.165, 1.54) is 0 Å². The first-order chi connectivity index (χ1) is 5.34. The summed E-state index contributed by atoms with van der Waals surface area (Å²) in [6, 6.07) is 1.85. The van der Waals surface area contributed by atoms with Crippen molar-refractivity contribution in [2.24, 2.45) is 0 Å². The molecule has 0 aromatic carbocycles. The van der Waals surface area contributed by atoms with Crippen LogP contribution in [0.1, 0.15) is 12.7 Å². The molecule has 62 valence electrons. The summed E-state index contributed by atoms with van der Waals surface area (Å²) in [5.74, 6) is 0.846. The molecule has 0 fully saturated rings. The zero-order valence-electron chi connectivity index (χ0n) is 6.26. The molecule has 0 amide bonds. The molecular formula is C7H10BrNO2.